The number of hydrogen-bond donors (Lipinski definition) is 0. The molecule has 1 aromatic carbocycles. The first kappa shape index (κ1) is 15.5. The van der Waals surface area contributed by atoms with Gasteiger partial charge in [-0.15, -0.1) is 0 Å². The van der Waals surface area contributed by atoms with Gasteiger partial charge in [0.2, 0.25) is 0 Å². The second-order valence-electron chi connectivity index (χ2n) is 5.04. The van der Waals surface area contributed by atoms with Gasteiger partial charge in [-0.3, -0.25) is 9.88 Å². The molecule has 1 aromatic heterocycles. The van der Waals surface area contributed by atoms with Gasteiger partial charge in [0.1, 0.15) is 0 Å². The van der Waals surface area contributed by atoms with Crippen LogP contribution < -0.4 is 0 Å². The minimum absolute atomic E-state index is 0.213. The van der Waals surface area contributed by atoms with E-state index in [-0.39, 0.29) is 5.92 Å². The van der Waals surface area contributed by atoms with Gasteiger partial charge in [0, 0.05) is 22.8 Å². The molecule has 0 aliphatic carbocycles. The van der Waals surface area contributed by atoms with Crippen molar-refractivity contribution >= 4 is 11.6 Å². The second-order valence-corrected chi connectivity index (χ2v) is 5.48. The van der Waals surface area contributed by atoms with Crippen LogP contribution in [0.25, 0.3) is 0 Å². The summed E-state index contributed by atoms with van der Waals surface area (Å²) >= 11 is 5.97. The Balaban J connectivity index is 2.19. The van der Waals surface area contributed by atoms with Crippen molar-refractivity contribution in [2.75, 3.05) is 20.1 Å². The number of benzene rings is 1. The van der Waals surface area contributed by atoms with Gasteiger partial charge in [0.05, 0.1) is 12.6 Å². The molecular weight excluding hydrogens is 282 g/mol. The fourth-order valence-electron chi connectivity index (χ4n) is 2.31. The standard InChI is InChI=1S/C17H18ClN3/c1-21(13-10-19)12-9-16(17-4-2-3-11-20-17)14-5-7-15(18)8-6-14/h2-8,11,16H,9,12-13H2,1H3. The van der Waals surface area contributed by atoms with E-state index in [1.165, 1.54) is 5.56 Å². The van der Waals surface area contributed by atoms with Gasteiger partial charge < -0.3 is 0 Å². The lowest BCUT2D eigenvalue weighted by atomic mass is 9.92. The lowest BCUT2D eigenvalue weighted by molar-refractivity contribution is 0.359. The Morgan fingerprint density at radius 2 is 2.00 bits per heavy atom. The van der Waals surface area contributed by atoms with E-state index in [1.807, 2.05) is 60.6 Å². The third kappa shape index (κ3) is 4.56. The van der Waals surface area contributed by atoms with Crippen LogP contribution in [0.4, 0.5) is 0 Å². The smallest absolute Gasteiger partial charge is 0.0863 e. The molecule has 0 spiro atoms. The van der Waals surface area contributed by atoms with E-state index in [4.69, 9.17) is 16.9 Å². The highest BCUT2D eigenvalue weighted by Gasteiger charge is 2.16. The van der Waals surface area contributed by atoms with Crippen molar-refractivity contribution in [3.05, 3.63) is 64.9 Å². The third-order valence-corrected chi connectivity index (χ3v) is 3.71. The number of halogens is 1. The Morgan fingerprint density at radius 1 is 1.24 bits per heavy atom. The van der Waals surface area contributed by atoms with E-state index >= 15 is 0 Å². The Kier molecular flexibility index (Phi) is 5.74. The summed E-state index contributed by atoms with van der Waals surface area (Å²) in [6, 6.07) is 16.1. The molecule has 0 fully saturated rings. The maximum Gasteiger partial charge on any atom is 0.0863 e. The zero-order chi connectivity index (χ0) is 15.1. The number of nitriles is 1. The number of nitrogens with zero attached hydrogens (tertiary/aromatic N) is 3. The first-order valence-corrected chi connectivity index (χ1v) is 7.30. The van der Waals surface area contributed by atoms with Gasteiger partial charge in [0.25, 0.3) is 0 Å². The van der Waals surface area contributed by atoms with Crippen LogP contribution in [0.2, 0.25) is 5.02 Å². The van der Waals surface area contributed by atoms with Crippen LogP contribution in [0.5, 0.6) is 0 Å². The molecule has 1 unspecified atom stereocenters. The summed E-state index contributed by atoms with van der Waals surface area (Å²) in [5, 5.41) is 9.48. The monoisotopic (exact) mass is 299 g/mol. The second kappa shape index (κ2) is 7.78. The lowest BCUT2D eigenvalue weighted by Crippen LogP contribution is -2.22. The SMILES string of the molecule is CN(CC#N)CCC(c1ccc(Cl)cc1)c1ccccn1. The molecule has 21 heavy (non-hydrogen) atoms. The molecule has 1 atom stereocenters. The average Bonchev–Trinajstić information content (AvgIpc) is 2.50. The number of aromatic nitrogens is 1. The molecule has 2 rings (SSSR count). The minimum atomic E-state index is 0.213. The van der Waals surface area contributed by atoms with E-state index < -0.39 is 0 Å². The Bertz CT molecular complexity index is 590. The molecule has 0 saturated heterocycles. The maximum atomic E-state index is 8.75. The third-order valence-electron chi connectivity index (χ3n) is 3.46. The van der Waals surface area contributed by atoms with Gasteiger partial charge in [-0.05, 0) is 49.8 Å². The topological polar surface area (TPSA) is 39.9 Å². The van der Waals surface area contributed by atoms with Crippen LogP contribution in [0.1, 0.15) is 23.6 Å². The van der Waals surface area contributed by atoms with Gasteiger partial charge in [-0.25, -0.2) is 0 Å². The molecule has 0 aliphatic rings. The van der Waals surface area contributed by atoms with Crippen LogP contribution in [-0.2, 0) is 0 Å². The summed E-state index contributed by atoms with van der Waals surface area (Å²) in [7, 11) is 1.96. The van der Waals surface area contributed by atoms with Crippen molar-refractivity contribution in [2.24, 2.45) is 0 Å². The number of pyridine rings is 1. The average molecular weight is 300 g/mol. The van der Waals surface area contributed by atoms with Crippen molar-refractivity contribution < 1.29 is 0 Å². The van der Waals surface area contributed by atoms with Crippen LogP contribution >= 0.6 is 11.6 Å². The molecule has 0 N–H and O–H groups in total. The summed E-state index contributed by atoms with van der Waals surface area (Å²) in [6.45, 7) is 1.28. The maximum absolute atomic E-state index is 8.75. The zero-order valence-corrected chi connectivity index (χ0v) is 12.8. The molecule has 0 radical (unpaired) electrons. The van der Waals surface area contributed by atoms with Crippen LogP contribution in [-0.4, -0.2) is 30.0 Å². The Hall–Kier alpha value is -1.89. The van der Waals surface area contributed by atoms with E-state index in [1.54, 1.807) is 0 Å². The van der Waals surface area contributed by atoms with Crippen molar-refractivity contribution in [3.63, 3.8) is 0 Å². The summed E-state index contributed by atoms with van der Waals surface area (Å²) in [4.78, 5) is 6.51. The normalized spacial score (nSPS) is 12.1. The van der Waals surface area contributed by atoms with Crippen molar-refractivity contribution in [3.8, 4) is 6.07 Å². The summed E-state index contributed by atoms with van der Waals surface area (Å²) in [5.41, 5.74) is 2.24. The molecule has 0 aliphatic heterocycles. The van der Waals surface area contributed by atoms with Gasteiger partial charge in [0.15, 0.2) is 0 Å². The first-order chi connectivity index (χ1) is 10.2. The predicted octanol–water partition coefficient (Wildman–Crippen LogP) is 3.71. The van der Waals surface area contributed by atoms with E-state index in [0.29, 0.717) is 6.54 Å². The fraction of sp³-hybridized carbons (Fsp3) is 0.294. The molecule has 108 valence electrons. The quantitative estimate of drug-likeness (QED) is 0.763. The number of rotatable bonds is 6. The lowest BCUT2D eigenvalue weighted by Gasteiger charge is -2.20. The van der Waals surface area contributed by atoms with Gasteiger partial charge in [-0.2, -0.15) is 5.26 Å². The fourth-order valence-corrected chi connectivity index (χ4v) is 2.44. The van der Waals surface area contributed by atoms with Crippen molar-refractivity contribution in [2.45, 2.75) is 12.3 Å². The van der Waals surface area contributed by atoms with E-state index in [2.05, 4.69) is 11.1 Å². The highest BCUT2D eigenvalue weighted by Crippen LogP contribution is 2.27. The predicted molar refractivity (Wildman–Crippen MR) is 85.3 cm³/mol. The largest absolute Gasteiger partial charge is 0.294 e. The van der Waals surface area contributed by atoms with Crippen molar-refractivity contribution in [1.29, 1.82) is 5.26 Å². The first-order valence-electron chi connectivity index (χ1n) is 6.92. The molecule has 0 saturated carbocycles. The molecule has 0 bridgehead atoms. The number of hydrogen-bond acceptors (Lipinski definition) is 3. The van der Waals surface area contributed by atoms with Crippen LogP contribution in [0, 0.1) is 11.3 Å². The summed E-state index contributed by atoms with van der Waals surface area (Å²) in [5.74, 6) is 0.213. The molecular formula is C17H18ClN3. The van der Waals surface area contributed by atoms with Gasteiger partial charge in [-0.1, -0.05) is 29.8 Å². The summed E-state index contributed by atoms with van der Waals surface area (Å²) < 4.78 is 0. The molecule has 2 aromatic rings. The minimum Gasteiger partial charge on any atom is -0.294 e. The van der Waals surface area contributed by atoms with Gasteiger partial charge >= 0.3 is 0 Å². The molecule has 1 heterocycles. The van der Waals surface area contributed by atoms with Crippen LogP contribution in [0.3, 0.4) is 0 Å². The molecule has 4 heteroatoms. The van der Waals surface area contributed by atoms with Crippen molar-refractivity contribution in [1.82, 2.24) is 9.88 Å². The Morgan fingerprint density at radius 3 is 2.62 bits per heavy atom. The van der Waals surface area contributed by atoms with E-state index in [9.17, 15) is 0 Å². The Labute approximate surface area is 130 Å². The summed E-state index contributed by atoms with van der Waals surface area (Å²) in [6.07, 6.45) is 2.73. The highest BCUT2D eigenvalue weighted by molar-refractivity contribution is 6.30. The van der Waals surface area contributed by atoms with E-state index in [0.717, 1.165) is 23.7 Å². The van der Waals surface area contributed by atoms with Crippen LogP contribution in [0.15, 0.2) is 48.7 Å². The highest BCUT2D eigenvalue weighted by atomic mass is 35.5. The molecule has 3 nitrogen and oxygen atoms in total. The molecule has 0 amide bonds. The zero-order valence-electron chi connectivity index (χ0n) is 12.0.